The van der Waals surface area contributed by atoms with Gasteiger partial charge in [0.2, 0.25) is 0 Å². The first-order valence-electron chi connectivity index (χ1n) is 4.98. The van der Waals surface area contributed by atoms with Gasteiger partial charge in [-0.1, -0.05) is 17.7 Å². The van der Waals surface area contributed by atoms with E-state index in [1.165, 1.54) is 22.3 Å². The second-order valence-corrected chi connectivity index (χ2v) is 4.42. The van der Waals surface area contributed by atoms with Gasteiger partial charge in [0.15, 0.2) is 0 Å². The van der Waals surface area contributed by atoms with E-state index in [-0.39, 0.29) is 5.54 Å². The van der Waals surface area contributed by atoms with Gasteiger partial charge in [-0.25, -0.2) is 0 Å². The molecule has 76 valence electrons. The Morgan fingerprint density at radius 1 is 1.14 bits per heavy atom. The lowest BCUT2D eigenvalue weighted by molar-refractivity contribution is -0.0575. The van der Waals surface area contributed by atoms with E-state index in [0.717, 1.165) is 0 Å². The highest BCUT2D eigenvalue weighted by Gasteiger charge is 2.38. The normalized spacial score (nSPS) is 19.1. The summed E-state index contributed by atoms with van der Waals surface area (Å²) in [6, 6.07) is 4.38. The fraction of sp³-hybridized carbons (Fsp3) is 0.500. The van der Waals surface area contributed by atoms with Crippen LogP contribution in [0.15, 0.2) is 12.1 Å². The Morgan fingerprint density at radius 3 is 2.00 bits per heavy atom. The van der Waals surface area contributed by atoms with E-state index in [0.29, 0.717) is 13.2 Å². The van der Waals surface area contributed by atoms with Crippen molar-refractivity contribution in [2.45, 2.75) is 26.3 Å². The van der Waals surface area contributed by atoms with Crippen LogP contribution in [-0.4, -0.2) is 13.2 Å². The molecule has 0 bridgehead atoms. The predicted molar refractivity (Wildman–Crippen MR) is 57.3 cm³/mol. The molecule has 0 saturated carbocycles. The standard InChI is InChI=1S/C12H17NO/c1-8-4-9(2)11(10(3)5-8)12(13)6-14-7-12/h4-5H,6-7,13H2,1-3H3. The minimum atomic E-state index is -0.234. The van der Waals surface area contributed by atoms with Crippen molar-refractivity contribution in [3.05, 3.63) is 34.4 Å². The van der Waals surface area contributed by atoms with Crippen LogP contribution in [0.1, 0.15) is 22.3 Å². The lowest BCUT2D eigenvalue weighted by Gasteiger charge is -2.40. The second kappa shape index (κ2) is 3.07. The molecular weight excluding hydrogens is 174 g/mol. The Labute approximate surface area is 85.1 Å². The first-order chi connectivity index (χ1) is 6.53. The third-order valence-electron chi connectivity index (χ3n) is 2.89. The average molecular weight is 191 g/mol. The summed E-state index contributed by atoms with van der Waals surface area (Å²) in [6.07, 6.45) is 0. The second-order valence-electron chi connectivity index (χ2n) is 4.42. The quantitative estimate of drug-likeness (QED) is 0.734. The summed E-state index contributed by atoms with van der Waals surface area (Å²) in [4.78, 5) is 0. The van der Waals surface area contributed by atoms with E-state index < -0.39 is 0 Å². The van der Waals surface area contributed by atoms with Crippen LogP contribution < -0.4 is 5.73 Å². The Bertz CT molecular complexity index is 344. The molecular formula is C12H17NO. The molecule has 2 nitrogen and oxygen atoms in total. The Morgan fingerprint density at radius 2 is 1.64 bits per heavy atom. The van der Waals surface area contributed by atoms with E-state index in [9.17, 15) is 0 Å². The highest BCUT2D eigenvalue weighted by Crippen LogP contribution is 2.32. The maximum atomic E-state index is 6.25. The van der Waals surface area contributed by atoms with Gasteiger partial charge < -0.3 is 10.5 Å². The zero-order valence-corrected chi connectivity index (χ0v) is 9.05. The summed E-state index contributed by atoms with van der Waals surface area (Å²) in [6.45, 7) is 7.67. The smallest absolute Gasteiger partial charge is 0.0888 e. The number of aryl methyl sites for hydroxylation is 3. The first kappa shape index (κ1) is 9.69. The monoisotopic (exact) mass is 191 g/mol. The van der Waals surface area contributed by atoms with E-state index in [4.69, 9.17) is 10.5 Å². The van der Waals surface area contributed by atoms with Crippen LogP contribution in [0.3, 0.4) is 0 Å². The minimum absolute atomic E-state index is 0.234. The van der Waals surface area contributed by atoms with Gasteiger partial charge in [-0.15, -0.1) is 0 Å². The van der Waals surface area contributed by atoms with Gasteiger partial charge in [0.25, 0.3) is 0 Å². The van der Waals surface area contributed by atoms with Crippen molar-refractivity contribution in [3.63, 3.8) is 0 Å². The van der Waals surface area contributed by atoms with Gasteiger partial charge in [0.1, 0.15) is 0 Å². The lowest BCUT2D eigenvalue weighted by atomic mass is 9.82. The summed E-state index contributed by atoms with van der Waals surface area (Å²) >= 11 is 0. The van der Waals surface area contributed by atoms with E-state index in [1.54, 1.807) is 0 Å². The minimum Gasteiger partial charge on any atom is -0.377 e. The summed E-state index contributed by atoms with van der Waals surface area (Å²) in [5.74, 6) is 0. The Balaban J connectivity index is 2.52. The van der Waals surface area contributed by atoms with Crippen molar-refractivity contribution in [3.8, 4) is 0 Å². The van der Waals surface area contributed by atoms with Crippen LogP contribution in [0.5, 0.6) is 0 Å². The number of hydrogen-bond donors (Lipinski definition) is 1. The Hall–Kier alpha value is -0.860. The molecule has 1 aliphatic rings. The molecule has 2 rings (SSSR count). The van der Waals surface area contributed by atoms with Crippen molar-refractivity contribution < 1.29 is 4.74 Å². The van der Waals surface area contributed by atoms with Gasteiger partial charge in [0.05, 0.1) is 18.8 Å². The SMILES string of the molecule is Cc1cc(C)c(C2(N)COC2)c(C)c1. The van der Waals surface area contributed by atoms with Crippen LogP contribution in [0.4, 0.5) is 0 Å². The summed E-state index contributed by atoms with van der Waals surface area (Å²) in [7, 11) is 0. The maximum Gasteiger partial charge on any atom is 0.0888 e. The molecule has 1 fully saturated rings. The molecule has 1 aliphatic heterocycles. The molecule has 2 N–H and O–H groups in total. The number of nitrogens with two attached hydrogens (primary N) is 1. The van der Waals surface area contributed by atoms with E-state index in [1.807, 2.05) is 0 Å². The van der Waals surface area contributed by atoms with Gasteiger partial charge in [-0.05, 0) is 37.5 Å². The molecule has 0 aliphatic carbocycles. The summed E-state index contributed by atoms with van der Waals surface area (Å²) < 4.78 is 5.21. The fourth-order valence-corrected chi connectivity index (χ4v) is 2.43. The summed E-state index contributed by atoms with van der Waals surface area (Å²) in [5.41, 5.74) is 11.2. The van der Waals surface area contributed by atoms with Gasteiger partial charge in [-0.3, -0.25) is 0 Å². The fourth-order valence-electron chi connectivity index (χ4n) is 2.43. The topological polar surface area (TPSA) is 35.2 Å². The predicted octanol–water partition coefficient (Wildman–Crippen LogP) is 1.80. The van der Waals surface area contributed by atoms with Crippen LogP contribution in [0, 0.1) is 20.8 Å². The Kier molecular flexibility index (Phi) is 2.13. The van der Waals surface area contributed by atoms with Crippen LogP contribution in [0.25, 0.3) is 0 Å². The lowest BCUT2D eigenvalue weighted by Crippen LogP contribution is -2.55. The van der Waals surface area contributed by atoms with Crippen molar-refractivity contribution in [2.75, 3.05) is 13.2 Å². The largest absolute Gasteiger partial charge is 0.377 e. The first-order valence-corrected chi connectivity index (χ1v) is 4.98. The number of rotatable bonds is 1. The molecule has 1 aromatic carbocycles. The third-order valence-corrected chi connectivity index (χ3v) is 2.89. The molecule has 0 spiro atoms. The molecule has 0 aromatic heterocycles. The molecule has 0 radical (unpaired) electrons. The third kappa shape index (κ3) is 1.35. The van der Waals surface area contributed by atoms with Crippen molar-refractivity contribution >= 4 is 0 Å². The number of ether oxygens (including phenoxy) is 1. The molecule has 2 heteroatoms. The summed E-state index contributed by atoms with van der Waals surface area (Å²) in [5, 5.41) is 0. The zero-order valence-electron chi connectivity index (χ0n) is 9.05. The zero-order chi connectivity index (χ0) is 10.3. The van der Waals surface area contributed by atoms with Crippen LogP contribution in [-0.2, 0) is 10.3 Å². The molecule has 0 unspecified atom stereocenters. The molecule has 1 saturated heterocycles. The highest BCUT2D eigenvalue weighted by molar-refractivity contribution is 5.43. The van der Waals surface area contributed by atoms with Crippen molar-refractivity contribution in [2.24, 2.45) is 5.73 Å². The molecule has 0 amide bonds. The van der Waals surface area contributed by atoms with E-state index in [2.05, 4.69) is 32.9 Å². The molecule has 1 heterocycles. The van der Waals surface area contributed by atoms with Gasteiger partial charge in [-0.2, -0.15) is 0 Å². The average Bonchev–Trinajstić information content (AvgIpc) is 1.99. The van der Waals surface area contributed by atoms with E-state index >= 15 is 0 Å². The number of hydrogen-bond acceptors (Lipinski definition) is 2. The number of benzene rings is 1. The van der Waals surface area contributed by atoms with Gasteiger partial charge in [0, 0.05) is 0 Å². The van der Waals surface area contributed by atoms with Gasteiger partial charge >= 0.3 is 0 Å². The molecule has 1 aromatic rings. The maximum absolute atomic E-state index is 6.25. The van der Waals surface area contributed by atoms with Crippen LogP contribution >= 0.6 is 0 Å². The molecule has 14 heavy (non-hydrogen) atoms. The van der Waals surface area contributed by atoms with Crippen molar-refractivity contribution in [1.82, 2.24) is 0 Å². The molecule has 0 atom stereocenters. The highest BCUT2D eigenvalue weighted by atomic mass is 16.5. The van der Waals surface area contributed by atoms with Crippen LogP contribution in [0.2, 0.25) is 0 Å². The van der Waals surface area contributed by atoms with Crippen molar-refractivity contribution in [1.29, 1.82) is 0 Å².